The summed E-state index contributed by atoms with van der Waals surface area (Å²) in [6.45, 7) is 0.925. The summed E-state index contributed by atoms with van der Waals surface area (Å²) >= 11 is 0. The molecule has 7 nitrogen and oxygen atoms in total. The lowest BCUT2D eigenvalue weighted by Crippen LogP contribution is -2.46. The van der Waals surface area contributed by atoms with Crippen molar-refractivity contribution in [1.82, 2.24) is 10.3 Å². The molecule has 1 aromatic heterocycles. The fourth-order valence-corrected chi connectivity index (χ4v) is 3.31. The molecule has 0 bridgehead atoms. The number of H-pyrrole nitrogens is 1. The number of aromatic amines is 1. The summed E-state index contributed by atoms with van der Waals surface area (Å²) in [7, 11) is 0. The number of amides is 3. The molecule has 0 atom stereocenters. The van der Waals surface area contributed by atoms with Crippen LogP contribution < -0.4 is 21.1 Å². The van der Waals surface area contributed by atoms with Crippen LogP contribution in [0.3, 0.4) is 0 Å². The number of halogens is 1. The number of carbonyl (C=O) groups excluding carboxylic acids is 2. The van der Waals surface area contributed by atoms with Gasteiger partial charge in [-0.1, -0.05) is 30.3 Å². The molecule has 1 fully saturated rings. The Morgan fingerprint density at radius 3 is 2.60 bits per heavy atom. The first-order valence-electron chi connectivity index (χ1n) is 9.47. The monoisotopic (exact) mass is 406 g/mol. The standard InChI is InChI=1S/C22H19FN4O3/c23-17-8-7-16(13-19(17)27-10-4-9-24-22(27)30)25-21(29)15-11-18(26-20(28)12-15)14-5-2-1-3-6-14/h1-3,5-8,11-13H,4,9-10H2,(H,24,30)(H,25,29)(H,26,28). The summed E-state index contributed by atoms with van der Waals surface area (Å²) in [5, 5.41) is 5.34. The first-order chi connectivity index (χ1) is 14.5. The van der Waals surface area contributed by atoms with Crippen molar-refractivity contribution in [1.29, 1.82) is 0 Å². The van der Waals surface area contributed by atoms with Gasteiger partial charge in [-0.15, -0.1) is 0 Å². The Labute approximate surface area is 171 Å². The molecular formula is C22H19FN4O3. The van der Waals surface area contributed by atoms with Crippen molar-refractivity contribution in [2.75, 3.05) is 23.3 Å². The number of benzene rings is 2. The third kappa shape index (κ3) is 4.07. The minimum atomic E-state index is -0.562. The van der Waals surface area contributed by atoms with Crippen molar-refractivity contribution in [2.45, 2.75) is 6.42 Å². The topological polar surface area (TPSA) is 94.3 Å². The van der Waals surface area contributed by atoms with E-state index in [1.807, 2.05) is 30.3 Å². The van der Waals surface area contributed by atoms with Gasteiger partial charge in [0.15, 0.2) is 0 Å². The van der Waals surface area contributed by atoms with Crippen LogP contribution in [0, 0.1) is 5.82 Å². The molecule has 1 aliphatic heterocycles. The van der Waals surface area contributed by atoms with Gasteiger partial charge in [-0.05, 0) is 36.2 Å². The van der Waals surface area contributed by atoms with Crippen LogP contribution in [0.4, 0.5) is 20.6 Å². The smallest absolute Gasteiger partial charge is 0.321 e. The maximum absolute atomic E-state index is 14.3. The SMILES string of the molecule is O=C(Nc1ccc(F)c(N2CCCNC2=O)c1)c1cc(-c2ccccc2)[nH]c(=O)c1. The van der Waals surface area contributed by atoms with E-state index in [1.165, 1.54) is 29.2 Å². The first kappa shape index (κ1) is 19.4. The Balaban J connectivity index is 1.60. The number of carbonyl (C=O) groups is 2. The maximum atomic E-state index is 14.3. The van der Waals surface area contributed by atoms with Gasteiger partial charge in [-0.2, -0.15) is 0 Å². The summed E-state index contributed by atoms with van der Waals surface area (Å²) in [4.78, 5) is 40.8. The Kier molecular flexibility index (Phi) is 5.30. The molecule has 2 heterocycles. The van der Waals surface area contributed by atoms with E-state index in [1.54, 1.807) is 6.07 Å². The molecule has 0 spiro atoms. The minimum absolute atomic E-state index is 0.0842. The molecule has 1 saturated heterocycles. The van der Waals surface area contributed by atoms with Crippen LogP contribution in [-0.4, -0.2) is 30.0 Å². The van der Waals surface area contributed by atoms with Crippen LogP contribution in [0.2, 0.25) is 0 Å². The van der Waals surface area contributed by atoms with E-state index >= 15 is 0 Å². The molecule has 30 heavy (non-hydrogen) atoms. The zero-order chi connectivity index (χ0) is 21.1. The van der Waals surface area contributed by atoms with Gasteiger partial charge < -0.3 is 15.6 Å². The zero-order valence-electron chi connectivity index (χ0n) is 15.9. The number of aromatic nitrogens is 1. The number of nitrogens with one attached hydrogen (secondary N) is 3. The van der Waals surface area contributed by atoms with Gasteiger partial charge in [0, 0.05) is 36.1 Å². The second-order valence-corrected chi connectivity index (χ2v) is 6.87. The molecule has 2 aromatic carbocycles. The van der Waals surface area contributed by atoms with Crippen LogP contribution in [0.5, 0.6) is 0 Å². The summed E-state index contributed by atoms with van der Waals surface area (Å²) in [5.41, 5.74) is 1.44. The normalized spacial score (nSPS) is 13.6. The molecule has 3 amide bonds. The van der Waals surface area contributed by atoms with E-state index in [-0.39, 0.29) is 17.3 Å². The predicted octanol–water partition coefficient (Wildman–Crippen LogP) is 3.35. The molecule has 0 unspecified atom stereocenters. The quantitative estimate of drug-likeness (QED) is 0.620. The zero-order valence-corrected chi connectivity index (χ0v) is 15.9. The summed E-state index contributed by atoms with van der Waals surface area (Å²) in [5.74, 6) is -1.08. The fourth-order valence-electron chi connectivity index (χ4n) is 3.31. The van der Waals surface area contributed by atoms with Crippen molar-refractivity contribution in [2.24, 2.45) is 0 Å². The van der Waals surface area contributed by atoms with Crippen molar-refractivity contribution < 1.29 is 14.0 Å². The van der Waals surface area contributed by atoms with E-state index in [2.05, 4.69) is 15.6 Å². The molecule has 3 N–H and O–H groups in total. The molecule has 0 saturated carbocycles. The summed E-state index contributed by atoms with van der Waals surface area (Å²) in [6, 6.07) is 15.6. The fraction of sp³-hybridized carbons (Fsp3) is 0.136. The van der Waals surface area contributed by atoms with Crippen LogP contribution in [0.25, 0.3) is 11.3 Å². The molecular weight excluding hydrogens is 387 g/mol. The van der Waals surface area contributed by atoms with E-state index in [4.69, 9.17) is 0 Å². The van der Waals surface area contributed by atoms with Crippen LogP contribution >= 0.6 is 0 Å². The molecule has 0 radical (unpaired) electrons. The Morgan fingerprint density at radius 2 is 1.83 bits per heavy atom. The molecule has 152 valence electrons. The van der Waals surface area contributed by atoms with Crippen LogP contribution in [0.15, 0.2) is 65.5 Å². The second kappa shape index (κ2) is 8.20. The molecule has 0 aliphatic carbocycles. The third-order valence-corrected chi connectivity index (χ3v) is 4.77. The number of anilines is 2. The number of pyridine rings is 1. The number of rotatable bonds is 4. The number of hydrogen-bond donors (Lipinski definition) is 3. The highest BCUT2D eigenvalue weighted by atomic mass is 19.1. The van der Waals surface area contributed by atoms with Gasteiger partial charge in [0.1, 0.15) is 5.82 Å². The average Bonchev–Trinajstić information content (AvgIpc) is 2.76. The van der Waals surface area contributed by atoms with Gasteiger partial charge in [0.25, 0.3) is 5.91 Å². The second-order valence-electron chi connectivity index (χ2n) is 6.87. The highest BCUT2D eigenvalue weighted by Crippen LogP contribution is 2.25. The van der Waals surface area contributed by atoms with E-state index in [0.29, 0.717) is 30.9 Å². The van der Waals surface area contributed by atoms with Gasteiger partial charge >= 0.3 is 6.03 Å². The lowest BCUT2D eigenvalue weighted by atomic mass is 10.1. The van der Waals surface area contributed by atoms with Crippen LogP contribution in [0.1, 0.15) is 16.8 Å². The van der Waals surface area contributed by atoms with E-state index in [0.717, 1.165) is 5.56 Å². The lowest BCUT2D eigenvalue weighted by Gasteiger charge is -2.28. The predicted molar refractivity (Wildman–Crippen MR) is 112 cm³/mol. The average molecular weight is 406 g/mol. The summed E-state index contributed by atoms with van der Waals surface area (Å²) in [6.07, 6.45) is 0.691. The minimum Gasteiger partial charge on any atom is -0.338 e. The molecule has 3 aromatic rings. The van der Waals surface area contributed by atoms with Crippen molar-refractivity contribution >= 4 is 23.3 Å². The van der Waals surface area contributed by atoms with Crippen molar-refractivity contribution in [3.05, 3.63) is 82.4 Å². The Morgan fingerprint density at radius 1 is 1.03 bits per heavy atom. The highest BCUT2D eigenvalue weighted by molar-refractivity contribution is 6.05. The van der Waals surface area contributed by atoms with E-state index in [9.17, 15) is 18.8 Å². The Hall–Kier alpha value is -3.94. The maximum Gasteiger partial charge on any atom is 0.321 e. The number of hydrogen-bond acceptors (Lipinski definition) is 3. The largest absolute Gasteiger partial charge is 0.338 e. The van der Waals surface area contributed by atoms with Crippen molar-refractivity contribution in [3.63, 3.8) is 0 Å². The van der Waals surface area contributed by atoms with Gasteiger partial charge in [0.2, 0.25) is 5.56 Å². The summed E-state index contributed by atoms with van der Waals surface area (Å²) < 4.78 is 14.3. The van der Waals surface area contributed by atoms with Gasteiger partial charge in [0.05, 0.1) is 5.69 Å². The lowest BCUT2D eigenvalue weighted by molar-refractivity contribution is 0.102. The van der Waals surface area contributed by atoms with E-state index < -0.39 is 17.3 Å². The highest BCUT2D eigenvalue weighted by Gasteiger charge is 2.22. The number of nitrogens with zero attached hydrogens (tertiary/aromatic N) is 1. The Bertz CT molecular complexity index is 1160. The first-order valence-corrected chi connectivity index (χ1v) is 9.47. The molecule has 8 heteroatoms. The van der Waals surface area contributed by atoms with Crippen LogP contribution in [-0.2, 0) is 0 Å². The number of urea groups is 1. The molecule has 4 rings (SSSR count). The van der Waals surface area contributed by atoms with Gasteiger partial charge in [-0.3, -0.25) is 14.5 Å². The van der Waals surface area contributed by atoms with Gasteiger partial charge in [-0.25, -0.2) is 9.18 Å². The molecule has 1 aliphatic rings. The third-order valence-electron chi connectivity index (χ3n) is 4.77. The van der Waals surface area contributed by atoms with Crippen molar-refractivity contribution in [3.8, 4) is 11.3 Å².